The van der Waals surface area contributed by atoms with Crippen LogP contribution in [0, 0.1) is 0 Å². The van der Waals surface area contributed by atoms with Crippen molar-refractivity contribution < 1.29 is 19.8 Å². The van der Waals surface area contributed by atoms with E-state index in [0.29, 0.717) is 0 Å². The Morgan fingerprint density at radius 3 is 2.20 bits per heavy atom. The number of imide groups is 1. The van der Waals surface area contributed by atoms with Crippen LogP contribution in [0.15, 0.2) is 0 Å². The molecule has 1 atom stereocenters. The van der Waals surface area contributed by atoms with Gasteiger partial charge in [-0.25, -0.2) is 4.79 Å². The first-order valence-corrected chi connectivity index (χ1v) is 4.44. The standard InChI is InChI=1S/C8H17N3O4/c1-5(6(14)10-7(9)15)11-8(2,3-12)4-13/h5,11-13H,3-4H2,1-2H3,(H3,9,10,14,15). The van der Waals surface area contributed by atoms with Crippen LogP contribution in [0.2, 0.25) is 0 Å². The summed E-state index contributed by atoms with van der Waals surface area (Å²) < 4.78 is 0. The fourth-order valence-electron chi connectivity index (χ4n) is 0.959. The zero-order valence-electron chi connectivity index (χ0n) is 8.78. The van der Waals surface area contributed by atoms with Crippen LogP contribution < -0.4 is 16.4 Å². The number of aliphatic hydroxyl groups is 2. The Balaban J connectivity index is 4.28. The molecule has 0 aromatic carbocycles. The third-order valence-electron chi connectivity index (χ3n) is 1.90. The molecule has 3 amide bonds. The van der Waals surface area contributed by atoms with Gasteiger partial charge in [-0.15, -0.1) is 0 Å². The maximum absolute atomic E-state index is 11.2. The van der Waals surface area contributed by atoms with E-state index in [4.69, 9.17) is 15.9 Å². The van der Waals surface area contributed by atoms with Gasteiger partial charge in [-0.1, -0.05) is 0 Å². The Morgan fingerprint density at radius 1 is 1.40 bits per heavy atom. The van der Waals surface area contributed by atoms with Crippen LogP contribution in [0.3, 0.4) is 0 Å². The van der Waals surface area contributed by atoms with Crippen LogP contribution in [0.4, 0.5) is 4.79 Å². The fourth-order valence-corrected chi connectivity index (χ4v) is 0.959. The topological polar surface area (TPSA) is 125 Å². The van der Waals surface area contributed by atoms with Crippen molar-refractivity contribution in [1.82, 2.24) is 10.6 Å². The fraction of sp³-hybridized carbons (Fsp3) is 0.750. The smallest absolute Gasteiger partial charge is 0.318 e. The highest BCUT2D eigenvalue weighted by Crippen LogP contribution is 2.02. The first kappa shape index (κ1) is 13.8. The summed E-state index contributed by atoms with van der Waals surface area (Å²) in [6, 6.07) is -1.69. The van der Waals surface area contributed by atoms with Crippen LogP contribution >= 0.6 is 0 Å². The highest BCUT2D eigenvalue weighted by Gasteiger charge is 2.27. The van der Waals surface area contributed by atoms with Crippen molar-refractivity contribution in [2.75, 3.05) is 13.2 Å². The Kier molecular flexibility index (Phi) is 5.20. The average Bonchev–Trinajstić information content (AvgIpc) is 2.16. The summed E-state index contributed by atoms with van der Waals surface area (Å²) >= 11 is 0. The number of nitrogens with one attached hydrogen (secondary N) is 2. The molecule has 0 saturated carbocycles. The molecule has 0 spiro atoms. The molecule has 0 fully saturated rings. The van der Waals surface area contributed by atoms with Gasteiger partial charge in [-0.2, -0.15) is 0 Å². The quantitative estimate of drug-likeness (QED) is 0.362. The van der Waals surface area contributed by atoms with E-state index in [-0.39, 0.29) is 13.2 Å². The number of carbonyl (C=O) groups is 2. The van der Waals surface area contributed by atoms with Crippen molar-refractivity contribution in [2.45, 2.75) is 25.4 Å². The molecule has 0 radical (unpaired) electrons. The zero-order chi connectivity index (χ0) is 12.1. The van der Waals surface area contributed by atoms with Crippen molar-refractivity contribution in [2.24, 2.45) is 5.73 Å². The molecule has 7 heteroatoms. The summed E-state index contributed by atoms with van der Waals surface area (Å²) in [5.74, 6) is -0.615. The van der Waals surface area contributed by atoms with E-state index in [1.807, 2.05) is 5.32 Å². The monoisotopic (exact) mass is 219 g/mol. The lowest BCUT2D eigenvalue weighted by Gasteiger charge is -2.29. The van der Waals surface area contributed by atoms with Crippen LogP contribution in [0.1, 0.15) is 13.8 Å². The van der Waals surface area contributed by atoms with Gasteiger partial charge in [0.25, 0.3) is 0 Å². The highest BCUT2D eigenvalue weighted by molar-refractivity contribution is 5.96. The molecule has 0 aliphatic rings. The predicted octanol–water partition coefficient (Wildman–Crippen LogP) is -2.10. The van der Waals surface area contributed by atoms with Crippen molar-refractivity contribution in [1.29, 1.82) is 0 Å². The van der Waals surface area contributed by atoms with Gasteiger partial charge in [-0.05, 0) is 13.8 Å². The third-order valence-corrected chi connectivity index (χ3v) is 1.90. The third kappa shape index (κ3) is 4.73. The van der Waals surface area contributed by atoms with E-state index in [9.17, 15) is 9.59 Å². The maximum atomic E-state index is 11.2. The van der Waals surface area contributed by atoms with Gasteiger partial charge in [0, 0.05) is 0 Å². The number of hydrogen-bond acceptors (Lipinski definition) is 5. The summed E-state index contributed by atoms with van der Waals surface area (Å²) in [6.45, 7) is 2.36. The molecule has 0 aromatic heterocycles. The van der Waals surface area contributed by atoms with Gasteiger partial charge in [0.2, 0.25) is 5.91 Å². The molecular formula is C8H17N3O4. The molecule has 6 N–H and O–H groups in total. The van der Waals surface area contributed by atoms with E-state index in [0.717, 1.165) is 0 Å². The zero-order valence-corrected chi connectivity index (χ0v) is 8.78. The van der Waals surface area contributed by atoms with E-state index in [1.165, 1.54) is 6.92 Å². The largest absolute Gasteiger partial charge is 0.394 e. The number of amides is 3. The summed E-state index contributed by atoms with van der Waals surface area (Å²) in [7, 11) is 0. The van der Waals surface area contributed by atoms with Crippen molar-refractivity contribution in [3.8, 4) is 0 Å². The van der Waals surface area contributed by atoms with Gasteiger partial charge < -0.3 is 15.9 Å². The number of primary amides is 1. The molecule has 7 nitrogen and oxygen atoms in total. The van der Waals surface area contributed by atoms with Crippen LogP contribution in [-0.4, -0.2) is 46.9 Å². The Labute approximate surface area is 87.6 Å². The summed E-state index contributed by atoms with van der Waals surface area (Å²) in [5.41, 5.74) is 3.78. The van der Waals surface area contributed by atoms with E-state index < -0.39 is 23.5 Å². The minimum atomic E-state index is -0.978. The normalized spacial score (nSPS) is 13.3. The van der Waals surface area contributed by atoms with Crippen LogP contribution in [-0.2, 0) is 4.79 Å². The van der Waals surface area contributed by atoms with Gasteiger partial charge in [0.05, 0.1) is 24.8 Å². The summed E-state index contributed by atoms with van der Waals surface area (Å²) in [6.07, 6.45) is 0. The number of urea groups is 1. The number of carbonyl (C=O) groups excluding carboxylic acids is 2. The molecular weight excluding hydrogens is 202 g/mol. The molecule has 15 heavy (non-hydrogen) atoms. The SMILES string of the molecule is CC(NC(C)(CO)CO)C(=O)NC(N)=O. The van der Waals surface area contributed by atoms with Crippen molar-refractivity contribution in [3.05, 3.63) is 0 Å². The lowest BCUT2D eigenvalue weighted by atomic mass is 10.0. The van der Waals surface area contributed by atoms with Crippen molar-refractivity contribution >= 4 is 11.9 Å². The van der Waals surface area contributed by atoms with Crippen LogP contribution in [0.25, 0.3) is 0 Å². The van der Waals surface area contributed by atoms with E-state index >= 15 is 0 Å². The Morgan fingerprint density at radius 2 is 1.87 bits per heavy atom. The first-order chi connectivity index (χ1) is 6.84. The molecule has 0 saturated heterocycles. The second kappa shape index (κ2) is 5.64. The van der Waals surface area contributed by atoms with E-state index in [2.05, 4.69) is 5.32 Å². The molecule has 0 bridgehead atoms. The number of aliphatic hydroxyl groups excluding tert-OH is 2. The summed E-state index contributed by atoms with van der Waals surface area (Å²) in [5, 5.41) is 22.5. The van der Waals surface area contributed by atoms with Gasteiger partial charge in [-0.3, -0.25) is 15.4 Å². The van der Waals surface area contributed by atoms with Crippen molar-refractivity contribution in [3.63, 3.8) is 0 Å². The molecule has 88 valence electrons. The Hall–Kier alpha value is -1.18. The molecule has 0 rings (SSSR count). The molecule has 0 aromatic rings. The molecule has 0 aliphatic heterocycles. The van der Waals surface area contributed by atoms with E-state index in [1.54, 1.807) is 6.92 Å². The number of rotatable bonds is 5. The molecule has 1 unspecified atom stereocenters. The second-order valence-corrected chi connectivity index (χ2v) is 3.60. The van der Waals surface area contributed by atoms with Gasteiger partial charge in [0.1, 0.15) is 0 Å². The van der Waals surface area contributed by atoms with Gasteiger partial charge in [0.15, 0.2) is 0 Å². The lowest BCUT2D eigenvalue weighted by molar-refractivity contribution is -0.122. The first-order valence-electron chi connectivity index (χ1n) is 4.44. The van der Waals surface area contributed by atoms with Crippen LogP contribution in [0.5, 0.6) is 0 Å². The lowest BCUT2D eigenvalue weighted by Crippen LogP contribution is -2.57. The minimum absolute atomic E-state index is 0.336. The Bertz CT molecular complexity index is 240. The molecule has 0 aliphatic carbocycles. The minimum Gasteiger partial charge on any atom is -0.394 e. The predicted molar refractivity (Wildman–Crippen MR) is 52.9 cm³/mol. The summed E-state index contributed by atoms with van der Waals surface area (Å²) in [4.78, 5) is 21.6. The second-order valence-electron chi connectivity index (χ2n) is 3.60. The number of nitrogens with two attached hydrogens (primary N) is 1. The average molecular weight is 219 g/mol. The maximum Gasteiger partial charge on any atom is 0.318 e. The molecule has 0 heterocycles. The number of hydrogen-bond donors (Lipinski definition) is 5. The highest BCUT2D eigenvalue weighted by atomic mass is 16.3. The van der Waals surface area contributed by atoms with Gasteiger partial charge >= 0.3 is 6.03 Å².